The molecule has 3 N–H and O–H groups in total. The molecule has 1 heterocycles. The van der Waals surface area contributed by atoms with Crippen molar-refractivity contribution in [1.29, 1.82) is 0 Å². The first-order valence-electron chi connectivity index (χ1n) is 3.86. The Morgan fingerprint density at radius 1 is 1.40 bits per heavy atom. The Labute approximate surface area is 107 Å². The van der Waals surface area contributed by atoms with Gasteiger partial charge in [-0.25, -0.2) is 10.8 Å². The Morgan fingerprint density at radius 2 is 2.07 bits per heavy atom. The number of anilines is 1. The van der Waals surface area contributed by atoms with Crippen molar-refractivity contribution in [1.82, 2.24) is 4.98 Å². The number of pyridine rings is 1. The van der Waals surface area contributed by atoms with Crippen molar-refractivity contribution in [2.75, 3.05) is 11.2 Å². The summed E-state index contributed by atoms with van der Waals surface area (Å²) in [5, 5.41) is 0.854. The highest BCUT2D eigenvalue weighted by Gasteiger charge is 2.15. The lowest BCUT2D eigenvalue weighted by atomic mass is 10.4. The lowest BCUT2D eigenvalue weighted by Crippen LogP contribution is -2.09. The number of nitrogens with two attached hydrogens (primary N) is 1. The van der Waals surface area contributed by atoms with Crippen molar-refractivity contribution in [2.45, 2.75) is 4.90 Å². The predicted molar refractivity (Wildman–Crippen MR) is 68.0 cm³/mol. The molecule has 82 valence electrons. The molecule has 0 unspecified atom stereocenters. The van der Waals surface area contributed by atoms with E-state index in [1.165, 1.54) is 11.8 Å². The molecule has 0 aliphatic carbocycles. The van der Waals surface area contributed by atoms with Crippen LogP contribution in [0.4, 0.5) is 5.82 Å². The first kappa shape index (κ1) is 12.9. The summed E-state index contributed by atoms with van der Waals surface area (Å²) in [4.78, 5) is 4.53. The molecule has 0 amide bonds. The summed E-state index contributed by atoms with van der Waals surface area (Å²) in [6, 6.07) is 0. The van der Waals surface area contributed by atoms with Crippen molar-refractivity contribution < 1.29 is 0 Å². The van der Waals surface area contributed by atoms with E-state index in [9.17, 15) is 0 Å². The Balaban J connectivity index is 3.20. The zero-order valence-electron chi connectivity index (χ0n) is 7.56. The third-order valence-corrected chi connectivity index (χ3v) is 3.91. The Kier molecular flexibility index (Phi) is 5.02. The zero-order valence-corrected chi connectivity index (χ0v) is 10.6. The molecule has 1 rings (SSSR count). The van der Waals surface area contributed by atoms with Crippen LogP contribution in [-0.2, 0) is 0 Å². The topological polar surface area (TPSA) is 50.9 Å². The summed E-state index contributed by atoms with van der Waals surface area (Å²) in [6.07, 6.45) is 1.74. The van der Waals surface area contributed by atoms with Crippen molar-refractivity contribution in [3.8, 4) is 0 Å². The molecule has 0 atom stereocenters. The molecule has 1 aromatic rings. The average Bonchev–Trinajstić information content (AvgIpc) is 2.23. The van der Waals surface area contributed by atoms with Gasteiger partial charge in [-0.3, -0.25) is 0 Å². The Morgan fingerprint density at radius 3 is 2.60 bits per heavy atom. The standard InChI is InChI=1S/C8H8Cl3N3S/c1-2-3-15-6-4(9)7(11)13-8(14-12)5(6)10/h2H,1,3,12H2,(H,13,14). The van der Waals surface area contributed by atoms with Crippen molar-refractivity contribution >= 4 is 52.4 Å². The number of thioether (sulfide) groups is 1. The lowest BCUT2D eigenvalue weighted by molar-refractivity contribution is 1.19. The molecular weight excluding hydrogens is 277 g/mol. The minimum Gasteiger partial charge on any atom is -0.307 e. The molecule has 0 bridgehead atoms. The van der Waals surface area contributed by atoms with Gasteiger partial charge in [0.2, 0.25) is 0 Å². The number of halogens is 3. The molecule has 3 nitrogen and oxygen atoms in total. The van der Waals surface area contributed by atoms with Crippen molar-refractivity contribution in [3.05, 3.63) is 27.9 Å². The van der Waals surface area contributed by atoms with Gasteiger partial charge in [-0.1, -0.05) is 40.9 Å². The molecule has 0 aliphatic rings. The second kappa shape index (κ2) is 5.82. The van der Waals surface area contributed by atoms with Gasteiger partial charge in [0.25, 0.3) is 0 Å². The average molecular weight is 285 g/mol. The van der Waals surface area contributed by atoms with Gasteiger partial charge in [0.1, 0.15) is 0 Å². The SMILES string of the molecule is C=CCSc1c(Cl)c(Cl)nc(NN)c1Cl. The molecule has 0 spiro atoms. The fourth-order valence-electron chi connectivity index (χ4n) is 0.859. The zero-order chi connectivity index (χ0) is 11.4. The van der Waals surface area contributed by atoms with Crippen LogP contribution in [0.1, 0.15) is 0 Å². The first-order chi connectivity index (χ1) is 7.11. The number of nitrogen functional groups attached to an aromatic ring is 1. The van der Waals surface area contributed by atoms with E-state index in [1.54, 1.807) is 6.08 Å². The van der Waals surface area contributed by atoms with E-state index in [0.717, 1.165) is 0 Å². The maximum Gasteiger partial charge on any atom is 0.161 e. The molecule has 0 saturated carbocycles. The molecule has 7 heteroatoms. The summed E-state index contributed by atoms with van der Waals surface area (Å²) in [7, 11) is 0. The molecule has 0 fully saturated rings. The monoisotopic (exact) mass is 283 g/mol. The fraction of sp³-hybridized carbons (Fsp3) is 0.125. The maximum absolute atomic E-state index is 6.02. The molecular formula is C8H8Cl3N3S. The number of nitrogens with zero attached hydrogens (tertiary/aromatic N) is 1. The number of aromatic nitrogens is 1. The highest BCUT2D eigenvalue weighted by atomic mass is 35.5. The number of hydrogen-bond donors (Lipinski definition) is 2. The summed E-state index contributed by atoms with van der Waals surface area (Å²) >= 11 is 19.2. The molecule has 0 aromatic carbocycles. The van der Waals surface area contributed by atoms with Gasteiger partial charge < -0.3 is 5.43 Å². The smallest absolute Gasteiger partial charge is 0.161 e. The summed E-state index contributed by atoms with van der Waals surface area (Å²) in [5.41, 5.74) is 2.35. The van der Waals surface area contributed by atoms with Crippen LogP contribution in [0, 0.1) is 0 Å². The number of hydrogen-bond acceptors (Lipinski definition) is 4. The van der Waals surface area contributed by atoms with E-state index < -0.39 is 0 Å². The Hall–Kier alpha value is -0.130. The molecule has 0 radical (unpaired) electrons. The second-order valence-corrected chi connectivity index (χ2v) is 4.60. The highest BCUT2D eigenvalue weighted by molar-refractivity contribution is 7.99. The van der Waals surface area contributed by atoms with Crippen LogP contribution < -0.4 is 11.3 Å². The molecule has 0 saturated heterocycles. The quantitative estimate of drug-likeness (QED) is 0.292. The normalized spacial score (nSPS) is 10.1. The predicted octanol–water partition coefficient (Wildman–Crippen LogP) is 3.61. The van der Waals surface area contributed by atoms with Crippen LogP contribution in [0.3, 0.4) is 0 Å². The summed E-state index contributed by atoms with van der Waals surface area (Å²) in [5.74, 6) is 6.21. The van der Waals surface area contributed by atoms with E-state index in [4.69, 9.17) is 40.6 Å². The summed E-state index contributed by atoms with van der Waals surface area (Å²) in [6.45, 7) is 3.60. The van der Waals surface area contributed by atoms with E-state index in [2.05, 4.69) is 17.0 Å². The molecule has 1 aromatic heterocycles. The van der Waals surface area contributed by atoms with Gasteiger partial charge in [0, 0.05) is 5.75 Å². The van der Waals surface area contributed by atoms with Crippen LogP contribution in [0.2, 0.25) is 15.2 Å². The van der Waals surface area contributed by atoms with Crippen LogP contribution in [0.25, 0.3) is 0 Å². The van der Waals surface area contributed by atoms with Gasteiger partial charge in [-0.2, -0.15) is 0 Å². The van der Waals surface area contributed by atoms with E-state index in [1.807, 2.05) is 0 Å². The second-order valence-electron chi connectivity index (χ2n) is 2.45. The maximum atomic E-state index is 6.02. The number of hydrazine groups is 1. The van der Waals surface area contributed by atoms with Gasteiger partial charge in [0.15, 0.2) is 11.0 Å². The Bertz CT molecular complexity index is 384. The number of rotatable bonds is 4. The third-order valence-electron chi connectivity index (χ3n) is 1.48. The highest BCUT2D eigenvalue weighted by Crippen LogP contribution is 2.40. The van der Waals surface area contributed by atoms with Crippen LogP contribution in [0.5, 0.6) is 0 Å². The van der Waals surface area contributed by atoms with Gasteiger partial charge in [-0.15, -0.1) is 18.3 Å². The minimum atomic E-state index is 0.167. The van der Waals surface area contributed by atoms with Gasteiger partial charge >= 0.3 is 0 Å². The lowest BCUT2D eigenvalue weighted by Gasteiger charge is -2.10. The fourth-order valence-corrected chi connectivity index (χ4v) is 2.53. The van der Waals surface area contributed by atoms with Crippen molar-refractivity contribution in [2.24, 2.45) is 5.84 Å². The van der Waals surface area contributed by atoms with Crippen LogP contribution in [0.15, 0.2) is 17.6 Å². The summed E-state index contributed by atoms with van der Waals surface area (Å²) < 4.78 is 0. The first-order valence-corrected chi connectivity index (χ1v) is 5.98. The third kappa shape index (κ3) is 2.92. The van der Waals surface area contributed by atoms with Gasteiger partial charge in [0.05, 0.1) is 14.9 Å². The van der Waals surface area contributed by atoms with Crippen LogP contribution >= 0.6 is 46.6 Å². The van der Waals surface area contributed by atoms with E-state index >= 15 is 0 Å². The minimum absolute atomic E-state index is 0.167. The van der Waals surface area contributed by atoms with E-state index in [-0.39, 0.29) is 5.15 Å². The van der Waals surface area contributed by atoms with Crippen LogP contribution in [-0.4, -0.2) is 10.7 Å². The largest absolute Gasteiger partial charge is 0.307 e. The molecule has 15 heavy (non-hydrogen) atoms. The van der Waals surface area contributed by atoms with Crippen molar-refractivity contribution in [3.63, 3.8) is 0 Å². The van der Waals surface area contributed by atoms with E-state index in [0.29, 0.717) is 26.5 Å². The molecule has 0 aliphatic heterocycles. The number of nitrogens with one attached hydrogen (secondary N) is 1. The van der Waals surface area contributed by atoms with Gasteiger partial charge in [-0.05, 0) is 0 Å².